The van der Waals surface area contributed by atoms with Crippen molar-refractivity contribution >= 4 is 23.3 Å². The summed E-state index contributed by atoms with van der Waals surface area (Å²) in [6, 6.07) is 1.49. The molecule has 0 unspecified atom stereocenters. The molecule has 0 fully saturated rings. The van der Waals surface area contributed by atoms with E-state index in [1.807, 2.05) is 0 Å². The van der Waals surface area contributed by atoms with E-state index in [4.69, 9.17) is 11.6 Å². The van der Waals surface area contributed by atoms with Crippen LogP contribution in [0.5, 0.6) is 0 Å². The molecule has 0 aromatic carbocycles. The van der Waals surface area contributed by atoms with Crippen molar-refractivity contribution in [2.75, 3.05) is 11.4 Å². The highest BCUT2D eigenvalue weighted by atomic mass is 35.5. The molecule has 0 atom stereocenters. The van der Waals surface area contributed by atoms with Gasteiger partial charge in [0.1, 0.15) is 5.82 Å². The van der Waals surface area contributed by atoms with Crippen LogP contribution >= 0.6 is 11.6 Å². The Labute approximate surface area is 93.8 Å². The fourth-order valence-corrected chi connectivity index (χ4v) is 1.84. The lowest BCUT2D eigenvalue weighted by Crippen LogP contribution is -2.40. The lowest BCUT2D eigenvalue weighted by Gasteiger charge is -2.17. The van der Waals surface area contributed by atoms with Crippen LogP contribution in [-0.4, -0.2) is 23.6 Å². The van der Waals surface area contributed by atoms with Gasteiger partial charge < -0.3 is 0 Å². The molecule has 3 nitrogen and oxygen atoms in total. The molecule has 1 aliphatic rings. The molecular formula is C9H6ClF3N2O. The monoisotopic (exact) mass is 250 g/mol. The highest BCUT2D eigenvalue weighted by molar-refractivity contribution is 6.31. The Bertz CT molecular complexity index is 447. The van der Waals surface area contributed by atoms with Crippen molar-refractivity contribution in [2.45, 2.75) is 12.6 Å². The van der Waals surface area contributed by atoms with E-state index in [-0.39, 0.29) is 12.4 Å². The third-order valence-corrected chi connectivity index (χ3v) is 2.66. The summed E-state index contributed by atoms with van der Waals surface area (Å²) >= 11 is 5.79. The highest BCUT2D eigenvalue weighted by Gasteiger charge is 2.45. The molecule has 0 saturated carbocycles. The van der Waals surface area contributed by atoms with Crippen LogP contribution < -0.4 is 4.90 Å². The zero-order chi connectivity index (χ0) is 11.9. The molecule has 0 N–H and O–H groups in total. The number of rotatable bonds is 0. The Kier molecular flexibility index (Phi) is 2.53. The molecule has 0 spiro atoms. The van der Waals surface area contributed by atoms with Gasteiger partial charge in [0, 0.05) is 23.3 Å². The largest absolute Gasteiger partial charge is 0.471 e. The minimum absolute atomic E-state index is 0.00910. The molecular weight excluding hydrogens is 245 g/mol. The molecule has 1 amide bonds. The topological polar surface area (TPSA) is 33.2 Å². The molecule has 1 aromatic rings. The summed E-state index contributed by atoms with van der Waals surface area (Å²) in [6.45, 7) is -0.0373. The maximum absolute atomic E-state index is 12.2. The van der Waals surface area contributed by atoms with Gasteiger partial charge in [0.25, 0.3) is 0 Å². The lowest BCUT2D eigenvalue weighted by molar-refractivity contribution is -0.170. The van der Waals surface area contributed by atoms with E-state index in [0.717, 1.165) is 0 Å². The van der Waals surface area contributed by atoms with Gasteiger partial charge in [-0.3, -0.25) is 9.69 Å². The Morgan fingerprint density at radius 3 is 2.81 bits per heavy atom. The molecule has 2 rings (SSSR count). The van der Waals surface area contributed by atoms with Crippen LogP contribution in [0.15, 0.2) is 12.3 Å². The first kappa shape index (κ1) is 11.2. The summed E-state index contributed by atoms with van der Waals surface area (Å²) in [5, 5.41) is 0.336. The number of alkyl halides is 3. The molecule has 0 radical (unpaired) electrons. The van der Waals surface area contributed by atoms with Crippen molar-refractivity contribution in [3.05, 3.63) is 22.8 Å². The van der Waals surface area contributed by atoms with E-state index in [1.165, 1.54) is 12.3 Å². The van der Waals surface area contributed by atoms with Gasteiger partial charge in [-0.25, -0.2) is 4.98 Å². The summed E-state index contributed by atoms with van der Waals surface area (Å²) < 4.78 is 36.7. The van der Waals surface area contributed by atoms with Crippen LogP contribution in [-0.2, 0) is 11.2 Å². The quantitative estimate of drug-likeness (QED) is 0.707. The SMILES string of the molecule is O=C(N1CCc2c(Cl)ccnc21)C(F)(F)F. The van der Waals surface area contributed by atoms with Crippen LogP contribution in [0.25, 0.3) is 0 Å². The van der Waals surface area contributed by atoms with Gasteiger partial charge in [-0.1, -0.05) is 11.6 Å². The van der Waals surface area contributed by atoms with Gasteiger partial charge in [0.15, 0.2) is 0 Å². The molecule has 16 heavy (non-hydrogen) atoms. The third-order valence-electron chi connectivity index (χ3n) is 2.30. The number of nitrogens with zero attached hydrogens (tertiary/aromatic N) is 2. The van der Waals surface area contributed by atoms with Crippen molar-refractivity contribution in [1.82, 2.24) is 4.98 Å². The van der Waals surface area contributed by atoms with Crippen LogP contribution in [0.4, 0.5) is 19.0 Å². The second kappa shape index (κ2) is 3.62. The predicted molar refractivity (Wildman–Crippen MR) is 51.4 cm³/mol. The number of fused-ring (bicyclic) bond motifs is 1. The van der Waals surface area contributed by atoms with E-state index in [0.29, 0.717) is 21.9 Å². The van der Waals surface area contributed by atoms with Crippen molar-refractivity contribution in [3.63, 3.8) is 0 Å². The molecule has 0 saturated heterocycles. The van der Waals surface area contributed by atoms with E-state index in [1.54, 1.807) is 0 Å². The second-order valence-corrected chi connectivity index (χ2v) is 3.71. The first-order valence-electron chi connectivity index (χ1n) is 4.43. The maximum atomic E-state index is 12.2. The number of amides is 1. The molecule has 1 aromatic heterocycles. The second-order valence-electron chi connectivity index (χ2n) is 3.30. The molecule has 0 aliphatic carbocycles. The Morgan fingerprint density at radius 1 is 1.50 bits per heavy atom. The van der Waals surface area contributed by atoms with Crippen molar-refractivity contribution < 1.29 is 18.0 Å². The summed E-state index contributed by atoms with van der Waals surface area (Å²) in [6.07, 6.45) is -3.31. The number of aromatic nitrogens is 1. The van der Waals surface area contributed by atoms with Gasteiger partial charge >= 0.3 is 12.1 Å². The summed E-state index contributed by atoms with van der Waals surface area (Å²) in [5.74, 6) is -1.89. The summed E-state index contributed by atoms with van der Waals surface area (Å²) in [7, 11) is 0. The van der Waals surface area contributed by atoms with Gasteiger partial charge in [-0.05, 0) is 12.5 Å². The van der Waals surface area contributed by atoms with E-state index in [9.17, 15) is 18.0 Å². The molecule has 2 heterocycles. The molecule has 0 bridgehead atoms. The number of hydrogen-bond donors (Lipinski definition) is 0. The van der Waals surface area contributed by atoms with Crippen LogP contribution in [0.1, 0.15) is 5.56 Å². The Morgan fingerprint density at radius 2 is 2.19 bits per heavy atom. The average molecular weight is 251 g/mol. The fourth-order valence-electron chi connectivity index (χ4n) is 1.60. The normalized spacial score (nSPS) is 15.1. The van der Waals surface area contributed by atoms with Crippen molar-refractivity contribution in [1.29, 1.82) is 0 Å². The van der Waals surface area contributed by atoms with Gasteiger partial charge in [0.05, 0.1) is 0 Å². The number of carbonyl (C=O) groups excluding carboxylic acids is 1. The fraction of sp³-hybridized carbons (Fsp3) is 0.333. The Balaban J connectivity index is 2.38. The van der Waals surface area contributed by atoms with Crippen molar-refractivity contribution in [2.24, 2.45) is 0 Å². The van der Waals surface area contributed by atoms with Crippen LogP contribution in [0, 0.1) is 0 Å². The number of anilines is 1. The minimum atomic E-state index is -4.88. The first-order chi connectivity index (χ1) is 7.41. The first-order valence-corrected chi connectivity index (χ1v) is 4.81. The minimum Gasteiger partial charge on any atom is -0.288 e. The number of halogens is 4. The van der Waals surface area contributed by atoms with Crippen molar-refractivity contribution in [3.8, 4) is 0 Å². The molecule has 7 heteroatoms. The van der Waals surface area contributed by atoms with E-state index >= 15 is 0 Å². The van der Waals surface area contributed by atoms with Crippen LogP contribution in [0.2, 0.25) is 5.02 Å². The molecule has 86 valence electrons. The standard InChI is InChI=1S/C9H6ClF3N2O/c10-6-1-3-14-7-5(6)2-4-15(7)8(16)9(11,12)13/h1,3H,2,4H2. The number of carbonyl (C=O) groups is 1. The van der Waals surface area contributed by atoms with Gasteiger partial charge in [-0.15, -0.1) is 0 Å². The lowest BCUT2D eigenvalue weighted by atomic mass is 10.2. The zero-order valence-corrected chi connectivity index (χ0v) is 8.64. The molecule has 1 aliphatic heterocycles. The zero-order valence-electron chi connectivity index (χ0n) is 7.88. The highest BCUT2D eigenvalue weighted by Crippen LogP contribution is 2.33. The third kappa shape index (κ3) is 1.73. The van der Waals surface area contributed by atoms with Gasteiger partial charge in [0.2, 0.25) is 0 Å². The summed E-state index contributed by atoms with van der Waals surface area (Å²) in [4.78, 5) is 15.4. The Hall–Kier alpha value is -1.30. The van der Waals surface area contributed by atoms with Gasteiger partial charge in [-0.2, -0.15) is 13.2 Å². The average Bonchev–Trinajstić information content (AvgIpc) is 2.60. The number of hydrogen-bond acceptors (Lipinski definition) is 2. The maximum Gasteiger partial charge on any atom is 0.471 e. The van der Waals surface area contributed by atoms with E-state index in [2.05, 4.69) is 4.98 Å². The summed E-state index contributed by atoms with van der Waals surface area (Å²) in [5.41, 5.74) is 0.488. The predicted octanol–water partition coefficient (Wildman–Crippen LogP) is 2.19. The smallest absolute Gasteiger partial charge is 0.288 e. The van der Waals surface area contributed by atoms with E-state index < -0.39 is 12.1 Å². The number of pyridine rings is 1. The van der Waals surface area contributed by atoms with Crippen LogP contribution in [0.3, 0.4) is 0 Å².